The van der Waals surface area contributed by atoms with Crippen molar-refractivity contribution in [3.05, 3.63) is 29.8 Å². The molecule has 1 aromatic rings. The minimum Gasteiger partial charge on any atom is -0.374 e. The second-order valence-corrected chi connectivity index (χ2v) is 6.78. The SMILES string of the molecule is CSCC[C@H](N)C(=O)Nc1ccc(COC2CCCC2)cc1.Cl. The molecule has 0 aliphatic heterocycles. The molecule has 1 aliphatic rings. The first-order chi connectivity index (χ1) is 10.7. The van der Waals surface area contributed by atoms with Crippen LogP contribution in [0.2, 0.25) is 0 Å². The molecule has 130 valence electrons. The number of amides is 1. The third-order valence-electron chi connectivity index (χ3n) is 3.98. The molecule has 1 aliphatic carbocycles. The summed E-state index contributed by atoms with van der Waals surface area (Å²) in [6.45, 7) is 0.645. The monoisotopic (exact) mass is 358 g/mol. The van der Waals surface area contributed by atoms with Crippen LogP contribution in [0, 0.1) is 0 Å². The van der Waals surface area contributed by atoms with Crippen molar-refractivity contribution >= 4 is 35.8 Å². The third-order valence-corrected chi connectivity index (χ3v) is 4.62. The van der Waals surface area contributed by atoms with Gasteiger partial charge in [0.25, 0.3) is 0 Å². The molecule has 0 saturated heterocycles. The van der Waals surface area contributed by atoms with E-state index in [-0.39, 0.29) is 18.3 Å². The number of hydrogen-bond donors (Lipinski definition) is 2. The lowest BCUT2D eigenvalue weighted by Gasteiger charge is -2.13. The number of nitrogens with two attached hydrogens (primary N) is 1. The van der Waals surface area contributed by atoms with Gasteiger partial charge >= 0.3 is 0 Å². The normalized spacial score (nSPS) is 15.9. The minimum absolute atomic E-state index is 0. The molecule has 1 aromatic carbocycles. The molecule has 0 radical (unpaired) electrons. The van der Waals surface area contributed by atoms with Crippen LogP contribution in [0.5, 0.6) is 0 Å². The Morgan fingerprint density at radius 1 is 1.35 bits per heavy atom. The van der Waals surface area contributed by atoms with Crippen LogP contribution in [0.3, 0.4) is 0 Å². The number of thioether (sulfide) groups is 1. The average Bonchev–Trinajstić information content (AvgIpc) is 3.05. The highest BCUT2D eigenvalue weighted by Crippen LogP contribution is 2.22. The maximum absolute atomic E-state index is 11.9. The fourth-order valence-corrected chi connectivity index (χ4v) is 3.05. The number of rotatable bonds is 8. The topological polar surface area (TPSA) is 64.4 Å². The maximum atomic E-state index is 11.9. The van der Waals surface area contributed by atoms with Crippen LogP contribution >= 0.6 is 24.2 Å². The molecule has 0 bridgehead atoms. The van der Waals surface area contributed by atoms with E-state index >= 15 is 0 Å². The van der Waals surface area contributed by atoms with E-state index in [0.29, 0.717) is 19.1 Å². The summed E-state index contributed by atoms with van der Waals surface area (Å²) < 4.78 is 5.88. The lowest BCUT2D eigenvalue weighted by Crippen LogP contribution is -2.36. The van der Waals surface area contributed by atoms with Gasteiger partial charge in [0.1, 0.15) is 0 Å². The van der Waals surface area contributed by atoms with Gasteiger partial charge in [-0.25, -0.2) is 0 Å². The van der Waals surface area contributed by atoms with E-state index in [1.165, 1.54) is 25.7 Å². The molecule has 6 heteroatoms. The van der Waals surface area contributed by atoms with E-state index in [4.69, 9.17) is 10.5 Å². The highest BCUT2D eigenvalue weighted by Gasteiger charge is 2.15. The Morgan fingerprint density at radius 2 is 2.00 bits per heavy atom. The van der Waals surface area contributed by atoms with Gasteiger partial charge in [0.2, 0.25) is 5.91 Å². The molecule has 2 rings (SSSR count). The van der Waals surface area contributed by atoms with Crippen LogP contribution in [0.1, 0.15) is 37.7 Å². The highest BCUT2D eigenvalue weighted by atomic mass is 35.5. The summed E-state index contributed by atoms with van der Waals surface area (Å²) in [4.78, 5) is 11.9. The third kappa shape index (κ3) is 7.12. The lowest BCUT2D eigenvalue weighted by molar-refractivity contribution is -0.117. The first-order valence-corrected chi connectivity index (χ1v) is 9.34. The zero-order valence-corrected chi connectivity index (χ0v) is 15.3. The summed E-state index contributed by atoms with van der Waals surface area (Å²) in [7, 11) is 0. The Balaban J connectivity index is 0.00000264. The first kappa shape index (κ1) is 20.3. The average molecular weight is 359 g/mol. The molecule has 1 atom stereocenters. The van der Waals surface area contributed by atoms with Gasteiger partial charge in [-0.1, -0.05) is 25.0 Å². The number of carbonyl (C=O) groups excluding carboxylic acids is 1. The van der Waals surface area contributed by atoms with Crippen molar-refractivity contribution in [2.75, 3.05) is 17.3 Å². The lowest BCUT2D eigenvalue weighted by atomic mass is 10.2. The van der Waals surface area contributed by atoms with Crippen molar-refractivity contribution in [2.45, 2.75) is 50.9 Å². The molecule has 1 fully saturated rings. The van der Waals surface area contributed by atoms with Crippen molar-refractivity contribution in [1.29, 1.82) is 0 Å². The molecule has 3 N–H and O–H groups in total. The summed E-state index contributed by atoms with van der Waals surface area (Å²) in [6, 6.07) is 7.37. The van der Waals surface area contributed by atoms with E-state index < -0.39 is 6.04 Å². The fraction of sp³-hybridized carbons (Fsp3) is 0.588. The summed E-state index contributed by atoms with van der Waals surface area (Å²) in [6.07, 6.45) is 8.06. The Kier molecular flexibility index (Phi) is 9.63. The van der Waals surface area contributed by atoms with Gasteiger partial charge in [-0.2, -0.15) is 11.8 Å². The molecule has 4 nitrogen and oxygen atoms in total. The number of carbonyl (C=O) groups is 1. The van der Waals surface area contributed by atoms with Gasteiger partial charge in [-0.15, -0.1) is 12.4 Å². The molecule has 23 heavy (non-hydrogen) atoms. The Morgan fingerprint density at radius 3 is 2.61 bits per heavy atom. The van der Waals surface area contributed by atoms with Crippen molar-refractivity contribution in [3.8, 4) is 0 Å². The van der Waals surface area contributed by atoms with Crippen molar-refractivity contribution in [3.63, 3.8) is 0 Å². The van der Waals surface area contributed by atoms with E-state index in [0.717, 1.165) is 17.0 Å². The van der Waals surface area contributed by atoms with Crippen molar-refractivity contribution in [1.82, 2.24) is 0 Å². The second-order valence-electron chi connectivity index (χ2n) is 5.79. The molecule has 0 spiro atoms. The Labute approximate surface area is 149 Å². The van der Waals surface area contributed by atoms with E-state index in [2.05, 4.69) is 5.32 Å². The number of benzene rings is 1. The second kappa shape index (κ2) is 10.9. The van der Waals surface area contributed by atoms with E-state index in [9.17, 15) is 4.79 Å². The molecule has 0 heterocycles. The molecule has 0 unspecified atom stereocenters. The molecular weight excluding hydrogens is 332 g/mol. The van der Waals surface area contributed by atoms with Gasteiger partial charge in [0.05, 0.1) is 18.8 Å². The summed E-state index contributed by atoms with van der Waals surface area (Å²) >= 11 is 1.70. The summed E-state index contributed by atoms with van der Waals surface area (Å²) in [5.74, 6) is 0.774. The highest BCUT2D eigenvalue weighted by molar-refractivity contribution is 7.98. The molecule has 1 amide bonds. The van der Waals surface area contributed by atoms with Crippen LogP contribution in [-0.2, 0) is 16.1 Å². The molecule has 1 saturated carbocycles. The summed E-state index contributed by atoms with van der Waals surface area (Å²) in [5, 5.41) is 2.86. The smallest absolute Gasteiger partial charge is 0.241 e. The van der Waals surface area contributed by atoms with Gasteiger partial charge in [0.15, 0.2) is 0 Å². The quantitative estimate of drug-likeness (QED) is 0.745. The van der Waals surface area contributed by atoms with Crippen LogP contribution in [0.25, 0.3) is 0 Å². The largest absolute Gasteiger partial charge is 0.374 e. The molecule has 0 aromatic heterocycles. The van der Waals surface area contributed by atoms with Crippen molar-refractivity contribution < 1.29 is 9.53 Å². The van der Waals surface area contributed by atoms with Crippen LogP contribution in [0.15, 0.2) is 24.3 Å². The van der Waals surface area contributed by atoms with E-state index in [1.807, 2.05) is 30.5 Å². The fourth-order valence-electron chi connectivity index (χ4n) is 2.56. The van der Waals surface area contributed by atoms with E-state index in [1.54, 1.807) is 11.8 Å². The Hall–Kier alpha value is -0.750. The van der Waals surface area contributed by atoms with Gasteiger partial charge in [-0.3, -0.25) is 4.79 Å². The van der Waals surface area contributed by atoms with Gasteiger partial charge < -0.3 is 15.8 Å². The predicted molar refractivity (Wildman–Crippen MR) is 100 cm³/mol. The van der Waals surface area contributed by atoms with Crippen LogP contribution < -0.4 is 11.1 Å². The van der Waals surface area contributed by atoms with Crippen LogP contribution in [-0.4, -0.2) is 30.1 Å². The molecular formula is C17H27ClN2O2S. The minimum atomic E-state index is -0.446. The zero-order valence-electron chi connectivity index (χ0n) is 13.6. The van der Waals surface area contributed by atoms with Crippen molar-refractivity contribution in [2.24, 2.45) is 5.73 Å². The maximum Gasteiger partial charge on any atom is 0.241 e. The van der Waals surface area contributed by atoms with Gasteiger partial charge in [0, 0.05) is 5.69 Å². The number of anilines is 1. The number of halogens is 1. The standard InChI is InChI=1S/C17H26N2O2S.ClH/c1-22-11-10-16(18)17(20)19-14-8-6-13(7-9-14)12-21-15-4-2-3-5-15;/h6-9,15-16H,2-5,10-12,18H2,1H3,(H,19,20);1H/t16-;/m0./s1. The Bertz CT molecular complexity index is 464. The number of hydrogen-bond acceptors (Lipinski definition) is 4. The predicted octanol–water partition coefficient (Wildman–Crippen LogP) is 3.59. The van der Waals surface area contributed by atoms with Crippen LogP contribution in [0.4, 0.5) is 5.69 Å². The zero-order chi connectivity index (χ0) is 15.8. The summed E-state index contributed by atoms with van der Waals surface area (Å²) in [5.41, 5.74) is 7.78. The first-order valence-electron chi connectivity index (χ1n) is 7.95. The number of ether oxygens (including phenoxy) is 1. The van der Waals surface area contributed by atoms with Gasteiger partial charge in [-0.05, 0) is 49.0 Å². The number of nitrogens with one attached hydrogen (secondary N) is 1.